The van der Waals surface area contributed by atoms with Crippen molar-refractivity contribution in [1.82, 2.24) is 5.32 Å². The lowest BCUT2D eigenvalue weighted by atomic mass is 10.1. The summed E-state index contributed by atoms with van der Waals surface area (Å²) in [6, 6.07) is 9.04. The largest absolute Gasteiger partial charge is 0.464 e. The van der Waals surface area contributed by atoms with Crippen LogP contribution in [0.2, 0.25) is 0 Å². The van der Waals surface area contributed by atoms with Gasteiger partial charge in [-0.15, -0.1) is 0 Å². The van der Waals surface area contributed by atoms with Gasteiger partial charge in [-0.2, -0.15) is 0 Å². The molecule has 0 amide bonds. The molecule has 2 aromatic rings. The van der Waals surface area contributed by atoms with E-state index in [2.05, 4.69) is 5.32 Å². The summed E-state index contributed by atoms with van der Waals surface area (Å²) >= 11 is 0. The summed E-state index contributed by atoms with van der Waals surface area (Å²) < 4.78 is 30.5. The van der Waals surface area contributed by atoms with Gasteiger partial charge in [0.2, 0.25) is 0 Å². The second-order valence-corrected chi connectivity index (χ2v) is 7.43. The molecule has 0 radical (unpaired) electrons. The average Bonchev–Trinajstić information content (AvgIpc) is 3.07. The fourth-order valence-corrected chi connectivity index (χ4v) is 4.07. The molecule has 0 saturated carbocycles. The summed E-state index contributed by atoms with van der Waals surface area (Å²) in [4.78, 5) is 0.398. The summed E-state index contributed by atoms with van der Waals surface area (Å²) in [5, 5.41) is 2.98. The van der Waals surface area contributed by atoms with Crippen molar-refractivity contribution in [1.29, 1.82) is 0 Å². The van der Waals surface area contributed by atoms with Gasteiger partial charge < -0.3 is 9.73 Å². The average molecular weight is 305 g/mol. The minimum absolute atomic E-state index is 0.0878. The van der Waals surface area contributed by atoms with Crippen LogP contribution < -0.4 is 5.32 Å². The molecule has 1 aromatic heterocycles. The molecule has 0 saturated heterocycles. The lowest BCUT2D eigenvalue weighted by Crippen LogP contribution is -2.05. The van der Waals surface area contributed by atoms with E-state index in [0.717, 1.165) is 25.0 Å². The van der Waals surface area contributed by atoms with Gasteiger partial charge in [-0.25, -0.2) is 8.42 Å². The van der Waals surface area contributed by atoms with Crippen LogP contribution in [0.4, 0.5) is 0 Å². The number of hydrogen-bond donors (Lipinski definition) is 1. The van der Waals surface area contributed by atoms with Crippen LogP contribution in [0.1, 0.15) is 29.1 Å². The Bertz CT molecular complexity index is 747. The third-order valence-corrected chi connectivity index (χ3v) is 5.47. The van der Waals surface area contributed by atoms with Gasteiger partial charge in [-0.3, -0.25) is 0 Å². The topological polar surface area (TPSA) is 59.3 Å². The zero-order valence-electron chi connectivity index (χ0n) is 12.1. The fourth-order valence-electron chi connectivity index (χ4n) is 2.78. The summed E-state index contributed by atoms with van der Waals surface area (Å²) in [7, 11) is -1.53. The first-order valence-electron chi connectivity index (χ1n) is 7.15. The van der Waals surface area contributed by atoms with E-state index < -0.39 is 9.84 Å². The smallest absolute Gasteiger partial charge is 0.185 e. The van der Waals surface area contributed by atoms with Crippen LogP contribution in [0, 0.1) is 0 Å². The molecular formula is C16H19NO3S. The summed E-state index contributed by atoms with van der Waals surface area (Å²) in [5.74, 6) is 1.15. The normalized spacial score (nSPS) is 14.3. The Morgan fingerprint density at radius 3 is 2.67 bits per heavy atom. The Morgan fingerprint density at radius 2 is 1.86 bits per heavy atom. The number of benzene rings is 1. The maximum atomic E-state index is 12.5. The van der Waals surface area contributed by atoms with Crippen LogP contribution >= 0.6 is 0 Å². The van der Waals surface area contributed by atoms with E-state index in [-0.39, 0.29) is 5.75 Å². The maximum absolute atomic E-state index is 12.5. The Labute approximate surface area is 125 Å². The first-order valence-corrected chi connectivity index (χ1v) is 8.80. The van der Waals surface area contributed by atoms with Crippen molar-refractivity contribution in [3.05, 3.63) is 53.0 Å². The number of nitrogens with one attached hydrogen (secondary N) is 1. The Hall–Kier alpha value is -1.59. The minimum Gasteiger partial charge on any atom is -0.464 e. The molecule has 1 heterocycles. The number of furan rings is 1. The molecule has 3 rings (SSSR count). The van der Waals surface area contributed by atoms with E-state index in [9.17, 15) is 8.42 Å². The number of rotatable bonds is 5. The maximum Gasteiger partial charge on any atom is 0.185 e. The van der Waals surface area contributed by atoms with Crippen molar-refractivity contribution in [2.75, 3.05) is 7.05 Å². The highest BCUT2D eigenvalue weighted by Gasteiger charge is 2.20. The first-order chi connectivity index (χ1) is 10.1. The third kappa shape index (κ3) is 3.04. The van der Waals surface area contributed by atoms with Gasteiger partial charge in [0.25, 0.3) is 0 Å². The molecule has 0 bridgehead atoms. The summed E-state index contributed by atoms with van der Waals surface area (Å²) in [6.45, 7) is 0.596. The van der Waals surface area contributed by atoms with Gasteiger partial charge in [-0.1, -0.05) is 6.07 Å². The van der Waals surface area contributed by atoms with Crippen LogP contribution in [0.3, 0.4) is 0 Å². The molecule has 0 fully saturated rings. The van der Waals surface area contributed by atoms with E-state index in [1.54, 1.807) is 12.1 Å². The van der Waals surface area contributed by atoms with Crippen LogP contribution in [0.15, 0.2) is 39.6 Å². The standard InChI is InChI=1S/C16H19NO3S/c1-17-10-14-6-7-15(20-14)11-21(18,19)16-8-5-12-3-2-4-13(12)9-16/h5-9,17H,2-4,10-11H2,1H3. The van der Waals surface area contributed by atoms with Crippen molar-refractivity contribution in [2.24, 2.45) is 0 Å². The Kier molecular flexibility index (Phi) is 3.87. The molecule has 5 heteroatoms. The second kappa shape index (κ2) is 5.66. The third-order valence-electron chi connectivity index (χ3n) is 3.83. The van der Waals surface area contributed by atoms with E-state index in [1.165, 1.54) is 11.1 Å². The predicted molar refractivity (Wildman–Crippen MR) is 80.8 cm³/mol. The highest BCUT2D eigenvalue weighted by atomic mass is 32.2. The highest BCUT2D eigenvalue weighted by molar-refractivity contribution is 7.90. The zero-order valence-corrected chi connectivity index (χ0v) is 12.9. The van der Waals surface area contributed by atoms with Crippen LogP contribution in [-0.4, -0.2) is 15.5 Å². The molecule has 1 N–H and O–H groups in total. The molecule has 112 valence electrons. The Morgan fingerprint density at radius 1 is 1.10 bits per heavy atom. The molecular weight excluding hydrogens is 286 g/mol. The van der Waals surface area contributed by atoms with Gasteiger partial charge in [0.05, 0.1) is 11.4 Å². The number of fused-ring (bicyclic) bond motifs is 1. The summed E-state index contributed by atoms with van der Waals surface area (Å²) in [6.07, 6.45) is 3.15. The highest BCUT2D eigenvalue weighted by Crippen LogP contribution is 2.26. The van der Waals surface area contributed by atoms with Gasteiger partial charge in [-0.05, 0) is 61.7 Å². The van der Waals surface area contributed by atoms with Gasteiger partial charge in [0.1, 0.15) is 17.3 Å². The molecule has 21 heavy (non-hydrogen) atoms. The number of aryl methyl sites for hydroxylation is 2. The van der Waals surface area contributed by atoms with E-state index >= 15 is 0 Å². The molecule has 1 aliphatic carbocycles. The molecule has 0 unspecified atom stereocenters. The lowest BCUT2D eigenvalue weighted by Gasteiger charge is -2.06. The molecule has 4 nitrogen and oxygen atoms in total. The molecule has 1 aliphatic rings. The molecule has 0 spiro atoms. The molecule has 0 aliphatic heterocycles. The lowest BCUT2D eigenvalue weighted by molar-refractivity contribution is 0.465. The van der Waals surface area contributed by atoms with Crippen molar-refractivity contribution in [3.63, 3.8) is 0 Å². The Balaban J connectivity index is 1.82. The van der Waals surface area contributed by atoms with E-state index in [1.807, 2.05) is 25.2 Å². The van der Waals surface area contributed by atoms with Crippen LogP contribution in [-0.2, 0) is 35.0 Å². The number of sulfone groups is 1. The molecule has 0 atom stereocenters. The van der Waals surface area contributed by atoms with Crippen molar-refractivity contribution < 1.29 is 12.8 Å². The fraction of sp³-hybridized carbons (Fsp3) is 0.375. The monoisotopic (exact) mass is 305 g/mol. The second-order valence-electron chi connectivity index (χ2n) is 5.44. The van der Waals surface area contributed by atoms with E-state index in [4.69, 9.17) is 4.42 Å². The summed E-state index contributed by atoms with van der Waals surface area (Å²) in [5.41, 5.74) is 2.45. The predicted octanol–water partition coefficient (Wildman–Crippen LogP) is 2.46. The zero-order chi connectivity index (χ0) is 14.9. The quantitative estimate of drug-likeness (QED) is 0.922. The number of hydrogen-bond acceptors (Lipinski definition) is 4. The van der Waals surface area contributed by atoms with Gasteiger partial charge >= 0.3 is 0 Å². The van der Waals surface area contributed by atoms with E-state index in [0.29, 0.717) is 17.2 Å². The SMILES string of the molecule is CNCc1ccc(CS(=O)(=O)c2ccc3c(c2)CCC3)o1. The minimum atomic E-state index is -3.35. The van der Waals surface area contributed by atoms with Crippen LogP contribution in [0.25, 0.3) is 0 Å². The van der Waals surface area contributed by atoms with Gasteiger partial charge in [0, 0.05) is 0 Å². The van der Waals surface area contributed by atoms with Crippen LogP contribution in [0.5, 0.6) is 0 Å². The van der Waals surface area contributed by atoms with Crippen molar-refractivity contribution in [3.8, 4) is 0 Å². The molecule has 1 aromatic carbocycles. The van der Waals surface area contributed by atoms with Crippen molar-refractivity contribution >= 4 is 9.84 Å². The van der Waals surface area contributed by atoms with Crippen molar-refractivity contribution in [2.45, 2.75) is 36.5 Å². The first kappa shape index (κ1) is 14.4. The van der Waals surface area contributed by atoms with Gasteiger partial charge in [0.15, 0.2) is 9.84 Å².